The molecule has 2 aliphatic rings. The number of hydrogen-bond acceptors (Lipinski definition) is 5. The molecule has 0 aromatic heterocycles. The Balaban J connectivity index is 1.45. The number of benzene rings is 2. The fourth-order valence-electron chi connectivity index (χ4n) is 5.96. The Morgan fingerprint density at radius 3 is 2.15 bits per heavy atom. The molecule has 1 N–H and O–H groups in total. The van der Waals surface area contributed by atoms with Gasteiger partial charge in [-0.3, -0.25) is 4.79 Å². The normalized spacial score (nSPS) is 22.9. The van der Waals surface area contributed by atoms with Crippen molar-refractivity contribution in [3.63, 3.8) is 0 Å². The molecule has 0 bridgehead atoms. The lowest BCUT2D eigenvalue weighted by Gasteiger charge is -2.63. The van der Waals surface area contributed by atoms with Crippen LogP contribution in [0.25, 0.3) is 0 Å². The number of nitriles is 1. The van der Waals surface area contributed by atoms with Crippen LogP contribution >= 0.6 is 0 Å². The first-order valence-corrected chi connectivity index (χ1v) is 12.0. The lowest BCUT2D eigenvalue weighted by Crippen LogP contribution is -2.74. The van der Waals surface area contributed by atoms with E-state index in [1.807, 2.05) is 50.2 Å². The van der Waals surface area contributed by atoms with Crippen LogP contribution in [0.1, 0.15) is 54.7 Å². The first kappa shape index (κ1) is 24.1. The molecule has 0 radical (unpaired) electrons. The first-order valence-electron chi connectivity index (χ1n) is 12.0. The number of carbonyl (C=O) groups excluding carboxylic acids is 1. The van der Waals surface area contributed by atoms with Crippen LogP contribution < -0.4 is 15.0 Å². The minimum absolute atomic E-state index is 0.0444. The molecule has 6 heteroatoms. The van der Waals surface area contributed by atoms with Crippen molar-refractivity contribution in [2.45, 2.75) is 53.7 Å². The minimum atomic E-state index is -0.261. The van der Waals surface area contributed by atoms with Gasteiger partial charge in [0.1, 0.15) is 11.9 Å². The molecule has 1 saturated heterocycles. The van der Waals surface area contributed by atoms with Crippen LogP contribution in [-0.4, -0.2) is 44.4 Å². The van der Waals surface area contributed by atoms with Gasteiger partial charge in [0.25, 0.3) is 5.91 Å². The highest BCUT2D eigenvalue weighted by Gasteiger charge is 2.64. The van der Waals surface area contributed by atoms with E-state index in [0.29, 0.717) is 11.1 Å². The van der Waals surface area contributed by atoms with Crippen LogP contribution in [0.2, 0.25) is 0 Å². The molecule has 2 fully saturated rings. The van der Waals surface area contributed by atoms with E-state index in [2.05, 4.69) is 44.0 Å². The van der Waals surface area contributed by atoms with E-state index in [4.69, 9.17) is 9.47 Å². The monoisotopic (exact) mass is 461 g/mol. The summed E-state index contributed by atoms with van der Waals surface area (Å²) < 4.78 is 11.9. The highest BCUT2D eigenvalue weighted by molar-refractivity contribution is 5.95. The second-order valence-corrected chi connectivity index (χ2v) is 10.7. The third-order valence-electron chi connectivity index (χ3n) is 7.49. The predicted octanol–water partition coefficient (Wildman–Crippen LogP) is 4.62. The van der Waals surface area contributed by atoms with Crippen molar-refractivity contribution in [1.82, 2.24) is 5.32 Å². The maximum absolute atomic E-state index is 13.1. The van der Waals surface area contributed by atoms with Gasteiger partial charge in [0.05, 0.1) is 24.8 Å². The molecule has 2 aromatic rings. The van der Waals surface area contributed by atoms with E-state index in [1.165, 1.54) is 0 Å². The topological polar surface area (TPSA) is 74.6 Å². The molecule has 1 heterocycles. The fraction of sp³-hybridized carbons (Fsp3) is 0.500. The van der Waals surface area contributed by atoms with Gasteiger partial charge in [-0.2, -0.15) is 5.26 Å². The van der Waals surface area contributed by atoms with Gasteiger partial charge in [-0.05, 0) is 61.4 Å². The van der Waals surface area contributed by atoms with Crippen LogP contribution in [-0.2, 0) is 4.74 Å². The molecule has 1 aliphatic heterocycles. The van der Waals surface area contributed by atoms with Gasteiger partial charge in [-0.1, -0.05) is 27.7 Å². The van der Waals surface area contributed by atoms with Gasteiger partial charge in [0.2, 0.25) is 0 Å². The summed E-state index contributed by atoms with van der Waals surface area (Å²) in [6.07, 6.45) is -0.0827. The van der Waals surface area contributed by atoms with E-state index in [0.717, 1.165) is 48.9 Å². The third kappa shape index (κ3) is 4.25. The number of morpholine rings is 1. The van der Waals surface area contributed by atoms with Crippen molar-refractivity contribution < 1.29 is 14.3 Å². The van der Waals surface area contributed by atoms with Gasteiger partial charge >= 0.3 is 0 Å². The molecule has 6 nitrogen and oxygen atoms in total. The van der Waals surface area contributed by atoms with Gasteiger partial charge < -0.3 is 19.7 Å². The Morgan fingerprint density at radius 1 is 1.06 bits per heavy atom. The van der Waals surface area contributed by atoms with Crippen LogP contribution in [0.15, 0.2) is 36.4 Å². The number of amides is 1. The number of nitrogens with zero attached hydrogens (tertiary/aromatic N) is 2. The van der Waals surface area contributed by atoms with Gasteiger partial charge in [0.15, 0.2) is 0 Å². The Bertz CT molecular complexity index is 1070. The number of rotatable bonds is 5. The van der Waals surface area contributed by atoms with Crippen LogP contribution in [0.3, 0.4) is 0 Å². The number of ether oxygens (including phenoxy) is 2. The molecular weight excluding hydrogens is 426 g/mol. The summed E-state index contributed by atoms with van der Waals surface area (Å²) in [5, 5.41) is 12.6. The highest BCUT2D eigenvalue weighted by atomic mass is 16.5. The van der Waals surface area contributed by atoms with E-state index in [-0.39, 0.29) is 28.9 Å². The Morgan fingerprint density at radius 2 is 1.62 bits per heavy atom. The standard InChI is InChI=1S/C28H35N3O3/c1-18-15-22(16-19(2)23(18)17-29)34-26-27(3,4)25(28(26,5)6)30-24(32)20-7-9-21(10-8-20)31-11-13-33-14-12-31/h7-10,15-16,25-26H,11-14H2,1-6H3,(H,30,32). The lowest BCUT2D eigenvalue weighted by molar-refractivity contribution is -0.164. The zero-order valence-electron chi connectivity index (χ0n) is 21.1. The molecule has 0 atom stereocenters. The number of aryl methyl sites for hydroxylation is 2. The summed E-state index contributed by atoms with van der Waals surface area (Å²) in [6.45, 7) is 15.6. The summed E-state index contributed by atoms with van der Waals surface area (Å²) in [7, 11) is 0. The summed E-state index contributed by atoms with van der Waals surface area (Å²) in [5.74, 6) is 0.701. The van der Waals surface area contributed by atoms with Crippen molar-refractivity contribution in [3.8, 4) is 11.8 Å². The Hall–Kier alpha value is -3.04. The molecule has 0 unspecified atom stereocenters. The lowest BCUT2D eigenvalue weighted by atomic mass is 9.49. The minimum Gasteiger partial charge on any atom is -0.489 e. The van der Waals surface area contributed by atoms with Crippen molar-refractivity contribution >= 4 is 11.6 Å². The second-order valence-electron chi connectivity index (χ2n) is 10.7. The smallest absolute Gasteiger partial charge is 0.251 e. The Labute approximate surface area is 202 Å². The average Bonchev–Trinajstić information content (AvgIpc) is 2.81. The molecular formula is C28H35N3O3. The molecule has 1 saturated carbocycles. The fourth-order valence-corrected chi connectivity index (χ4v) is 5.96. The van der Waals surface area contributed by atoms with E-state index in [9.17, 15) is 10.1 Å². The van der Waals surface area contributed by atoms with Gasteiger partial charge in [-0.25, -0.2) is 0 Å². The first-order chi connectivity index (χ1) is 16.1. The average molecular weight is 462 g/mol. The number of nitrogens with one attached hydrogen (secondary N) is 1. The van der Waals surface area contributed by atoms with Crippen LogP contribution in [0, 0.1) is 36.0 Å². The quantitative estimate of drug-likeness (QED) is 0.703. The number of hydrogen-bond donors (Lipinski definition) is 1. The number of carbonyl (C=O) groups is 1. The third-order valence-corrected chi connectivity index (χ3v) is 7.49. The molecule has 2 aromatic carbocycles. The van der Waals surface area contributed by atoms with Crippen molar-refractivity contribution in [3.05, 3.63) is 58.7 Å². The predicted molar refractivity (Wildman–Crippen MR) is 133 cm³/mol. The van der Waals surface area contributed by atoms with Crippen molar-refractivity contribution in [2.24, 2.45) is 10.8 Å². The molecule has 4 rings (SSSR count). The molecule has 34 heavy (non-hydrogen) atoms. The second kappa shape index (κ2) is 8.96. The van der Waals surface area contributed by atoms with Crippen LogP contribution in [0.5, 0.6) is 5.75 Å². The highest BCUT2D eigenvalue weighted by Crippen LogP contribution is 2.55. The molecule has 1 aliphatic carbocycles. The Kier molecular flexibility index (Phi) is 6.35. The van der Waals surface area contributed by atoms with E-state index < -0.39 is 0 Å². The molecule has 180 valence electrons. The summed E-state index contributed by atoms with van der Waals surface area (Å²) in [6, 6.07) is 13.9. The molecule has 1 amide bonds. The largest absolute Gasteiger partial charge is 0.489 e. The maximum atomic E-state index is 13.1. The van der Waals surface area contributed by atoms with Gasteiger partial charge in [-0.15, -0.1) is 0 Å². The zero-order valence-corrected chi connectivity index (χ0v) is 21.1. The van der Waals surface area contributed by atoms with E-state index >= 15 is 0 Å². The summed E-state index contributed by atoms with van der Waals surface area (Å²) in [4.78, 5) is 15.4. The SMILES string of the molecule is Cc1cc(OC2C(C)(C)C(NC(=O)c3ccc(N4CCOCC4)cc3)C2(C)C)cc(C)c1C#N. The summed E-state index contributed by atoms with van der Waals surface area (Å²) >= 11 is 0. The van der Waals surface area contributed by atoms with Crippen molar-refractivity contribution in [2.75, 3.05) is 31.2 Å². The summed E-state index contributed by atoms with van der Waals surface area (Å²) in [5.41, 5.74) is 3.78. The molecule has 0 spiro atoms. The van der Waals surface area contributed by atoms with E-state index in [1.54, 1.807) is 0 Å². The van der Waals surface area contributed by atoms with Crippen molar-refractivity contribution in [1.29, 1.82) is 5.26 Å². The van der Waals surface area contributed by atoms with Crippen LogP contribution in [0.4, 0.5) is 5.69 Å². The van der Waals surface area contributed by atoms with Gasteiger partial charge in [0, 0.05) is 41.2 Å². The number of anilines is 1. The maximum Gasteiger partial charge on any atom is 0.251 e. The zero-order chi connectivity index (χ0) is 24.7.